The summed E-state index contributed by atoms with van der Waals surface area (Å²) in [6.07, 6.45) is 0. The van der Waals surface area contributed by atoms with E-state index in [2.05, 4.69) is 20.2 Å². The molecule has 0 bridgehead atoms. The van der Waals surface area contributed by atoms with Gasteiger partial charge in [0.25, 0.3) is 5.56 Å². The summed E-state index contributed by atoms with van der Waals surface area (Å²) in [4.78, 5) is 17.8. The number of nitrogen functional groups attached to an aromatic ring is 1. The van der Waals surface area contributed by atoms with Gasteiger partial charge in [0.1, 0.15) is 17.5 Å². The van der Waals surface area contributed by atoms with Crippen LogP contribution in [0.1, 0.15) is 11.6 Å². The Balaban J connectivity index is 2.12. The van der Waals surface area contributed by atoms with Gasteiger partial charge < -0.3 is 15.3 Å². The molecule has 90 valence electrons. The van der Waals surface area contributed by atoms with Gasteiger partial charge in [-0.2, -0.15) is 0 Å². The largest absolute Gasteiger partial charge is 0.383 e. The number of aromatic nitrogens is 5. The van der Waals surface area contributed by atoms with Gasteiger partial charge in [-0.3, -0.25) is 4.79 Å². The molecule has 0 unspecified atom stereocenters. The Morgan fingerprint density at radius 1 is 1.53 bits per heavy atom. The number of nitrogens with one attached hydrogen (secondary N) is 1. The molecule has 3 N–H and O–H groups in total. The zero-order valence-corrected chi connectivity index (χ0v) is 10.3. The maximum Gasteiger partial charge on any atom is 0.253 e. The fourth-order valence-corrected chi connectivity index (χ4v) is 2.09. The average Bonchev–Trinajstić information content (AvgIpc) is 2.56. The lowest BCUT2D eigenvalue weighted by Gasteiger charge is -2.01. The van der Waals surface area contributed by atoms with Gasteiger partial charge in [-0.15, -0.1) is 10.2 Å². The van der Waals surface area contributed by atoms with Crippen molar-refractivity contribution in [2.45, 2.75) is 17.8 Å². The molecule has 0 spiro atoms. The molecule has 0 aromatic carbocycles. The molecule has 0 radical (unpaired) electrons. The van der Waals surface area contributed by atoms with E-state index in [9.17, 15) is 4.79 Å². The van der Waals surface area contributed by atoms with E-state index >= 15 is 0 Å². The van der Waals surface area contributed by atoms with Crippen molar-refractivity contribution in [2.24, 2.45) is 7.05 Å². The third-order valence-electron chi connectivity index (χ3n) is 2.26. The number of aryl methyl sites for hydroxylation is 1. The lowest BCUT2D eigenvalue weighted by Crippen LogP contribution is -2.09. The molecule has 2 heterocycles. The van der Waals surface area contributed by atoms with Gasteiger partial charge in [-0.1, -0.05) is 11.8 Å². The smallest absolute Gasteiger partial charge is 0.253 e. The summed E-state index contributed by atoms with van der Waals surface area (Å²) in [6, 6.07) is 1.25. The molecule has 0 aliphatic rings. The highest BCUT2D eigenvalue weighted by Crippen LogP contribution is 2.17. The number of hydrogen-bond donors (Lipinski definition) is 2. The zero-order valence-electron chi connectivity index (χ0n) is 9.47. The number of rotatable bonds is 3. The molecule has 0 fully saturated rings. The van der Waals surface area contributed by atoms with Crippen LogP contribution in [-0.2, 0) is 12.8 Å². The second-order valence-corrected chi connectivity index (χ2v) is 4.45. The van der Waals surface area contributed by atoms with Crippen LogP contribution in [0.15, 0.2) is 16.0 Å². The van der Waals surface area contributed by atoms with Crippen molar-refractivity contribution in [2.75, 3.05) is 5.73 Å². The maximum atomic E-state index is 11.2. The number of thioether (sulfide) groups is 1. The molecular weight excluding hydrogens is 240 g/mol. The summed E-state index contributed by atoms with van der Waals surface area (Å²) in [7, 11) is 1.89. The molecule has 2 aromatic heterocycles. The van der Waals surface area contributed by atoms with E-state index in [-0.39, 0.29) is 11.4 Å². The van der Waals surface area contributed by atoms with Crippen LogP contribution in [0.5, 0.6) is 0 Å². The van der Waals surface area contributed by atoms with E-state index in [1.807, 2.05) is 18.5 Å². The van der Waals surface area contributed by atoms with Crippen molar-refractivity contribution in [3.8, 4) is 0 Å². The highest BCUT2D eigenvalue weighted by Gasteiger charge is 2.07. The molecule has 8 heteroatoms. The van der Waals surface area contributed by atoms with E-state index in [4.69, 9.17) is 5.73 Å². The predicted molar refractivity (Wildman–Crippen MR) is 64.6 cm³/mol. The number of hydrogen-bond acceptors (Lipinski definition) is 6. The third-order valence-corrected chi connectivity index (χ3v) is 3.13. The van der Waals surface area contributed by atoms with Crippen molar-refractivity contribution in [3.63, 3.8) is 0 Å². The van der Waals surface area contributed by atoms with Crippen molar-refractivity contribution in [3.05, 3.63) is 28.1 Å². The molecule has 0 aliphatic heterocycles. The molecule has 17 heavy (non-hydrogen) atoms. The molecule has 0 aliphatic carbocycles. The van der Waals surface area contributed by atoms with Crippen LogP contribution in [0.3, 0.4) is 0 Å². The topological polar surface area (TPSA) is 102 Å². The Morgan fingerprint density at radius 2 is 2.29 bits per heavy atom. The molecule has 0 atom stereocenters. The highest BCUT2D eigenvalue weighted by atomic mass is 32.2. The summed E-state index contributed by atoms with van der Waals surface area (Å²) in [5.74, 6) is 2.45. The SMILES string of the molecule is Cc1nnc(CSc2nc(N)cc(=O)[nH]2)n1C. The van der Waals surface area contributed by atoms with Gasteiger partial charge in [0, 0.05) is 13.1 Å². The van der Waals surface area contributed by atoms with E-state index in [1.54, 1.807) is 0 Å². The minimum atomic E-state index is -0.255. The summed E-state index contributed by atoms with van der Waals surface area (Å²) in [5, 5.41) is 8.44. The van der Waals surface area contributed by atoms with E-state index in [1.165, 1.54) is 17.8 Å². The molecule has 0 saturated heterocycles. The third kappa shape index (κ3) is 2.64. The van der Waals surface area contributed by atoms with Gasteiger partial charge in [-0.05, 0) is 6.92 Å². The fourth-order valence-electron chi connectivity index (χ4n) is 1.23. The Morgan fingerprint density at radius 3 is 2.88 bits per heavy atom. The summed E-state index contributed by atoms with van der Waals surface area (Å²) in [6.45, 7) is 1.88. The minimum absolute atomic E-state index is 0.213. The number of H-pyrrole nitrogens is 1. The first kappa shape index (κ1) is 11.6. The number of aromatic amines is 1. The van der Waals surface area contributed by atoms with Crippen molar-refractivity contribution in [1.82, 2.24) is 24.7 Å². The fraction of sp³-hybridized carbons (Fsp3) is 0.333. The standard InChI is InChI=1S/C9H12N6OS/c1-5-13-14-7(15(5)2)4-17-9-11-6(10)3-8(16)12-9/h3H,4H2,1-2H3,(H3,10,11,12,16). The van der Waals surface area contributed by atoms with Crippen LogP contribution >= 0.6 is 11.8 Å². The van der Waals surface area contributed by atoms with E-state index in [0.717, 1.165) is 11.6 Å². The van der Waals surface area contributed by atoms with Crippen LogP contribution in [0.25, 0.3) is 0 Å². The number of anilines is 1. The van der Waals surface area contributed by atoms with Crippen LogP contribution in [0, 0.1) is 6.92 Å². The Bertz CT molecular complexity index is 589. The summed E-state index contributed by atoms with van der Waals surface area (Å²) in [5.41, 5.74) is 5.23. The normalized spacial score (nSPS) is 10.7. The van der Waals surface area contributed by atoms with Gasteiger partial charge in [-0.25, -0.2) is 4.98 Å². The molecular formula is C9H12N6OS. The zero-order chi connectivity index (χ0) is 12.4. The van der Waals surface area contributed by atoms with Crippen LogP contribution in [0.2, 0.25) is 0 Å². The second-order valence-electron chi connectivity index (χ2n) is 3.49. The van der Waals surface area contributed by atoms with Crippen molar-refractivity contribution >= 4 is 17.6 Å². The molecule has 7 nitrogen and oxygen atoms in total. The average molecular weight is 252 g/mol. The Kier molecular flexibility index (Phi) is 3.14. The first-order chi connectivity index (χ1) is 8.06. The second kappa shape index (κ2) is 4.58. The summed E-state index contributed by atoms with van der Waals surface area (Å²) < 4.78 is 1.89. The van der Waals surface area contributed by atoms with Crippen LogP contribution < -0.4 is 11.3 Å². The molecule has 2 aromatic rings. The first-order valence-electron chi connectivity index (χ1n) is 4.91. The van der Waals surface area contributed by atoms with Gasteiger partial charge in [0.15, 0.2) is 5.16 Å². The van der Waals surface area contributed by atoms with Crippen molar-refractivity contribution < 1.29 is 0 Å². The van der Waals surface area contributed by atoms with Gasteiger partial charge >= 0.3 is 0 Å². The minimum Gasteiger partial charge on any atom is -0.383 e. The van der Waals surface area contributed by atoms with Crippen molar-refractivity contribution in [1.29, 1.82) is 0 Å². The van der Waals surface area contributed by atoms with Crippen LogP contribution in [-0.4, -0.2) is 24.7 Å². The predicted octanol–water partition coefficient (Wildman–Crippen LogP) is 0.0813. The first-order valence-corrected chi connectivity index (χ1v) is 5.89. The number of nitrogens with two attached hydrogens (primary N) is 1. The molecule has 0 amide bonds. The van der Waals surface area contributed by atoms with Gasteiger partial charge in [0.2, 0.25) is 0 Å². The quantitative estimate of drug-likeness (QED) is 0.592. The monoisotopic (exact) mass is 252 g/mol. The Hall–Kier alpha value is -1.83. The molecule has 2 rings (SSSR count). The highest BCUT2D eigenvalue weighted by molar-refractivity contribution is 7.98. The van der Waals surface area contributed by atoms with Crippen LogP contribution in [0.4, 0.5) is 5.82 Å². The maximum absolute atomic E-state index is 11.2. The molecule has 0 saturated carbocycles. The summed E-state index contributed by atoms with van der Waals surface area (Å²) >= 11 is 1.36. The Labute approximate surface area is 101 Å². The van der Waals surface area contributed by atoms with Gasteiger partial charge in [0.05, 0.1) is 5.75 Å². The lowest BCUT2D eigenvalue weighted by atomic mass is 10.6. The van der Waals surface area contributed by atoms with E-state index in [0.29, 0.717) is 10.9 Å². The number of nitrogens with zero attached hydrogens (tertiary/aromatic N) is 4. The lowest BCUT2D eigenvalue weighted by molar-refractivity contribution is 0.815. The van der Waals surface area contributed by atoms with E-state index < -0.39 is 0 Å².